The first-order chi connectivity index (χ1) is 12.5. The van der Waals surface area contributed by atoms with Gasteiger partial charge in [-0.3, -0.25) is 4.79 Å². The summed E-state index contributed by atoms with van der Waals surface area (Å²) in [5.41, 5.74) is 0.724. The lowest BCUT2D eigenvalue weighted by atomic mass is 10.1. The fourth-order valence-electron chi connectivity index (χ4n) is 2.09. The fourth-order valence-corrected chi connectivity index (χ4v) is 2.09. The Balaban J connectivity index is 1.81. The molecule has 1 N–H and O–H groups in total. The van der Waals surface area contributed by atoms with E-state index in [4.69, 9.17) is 14.2 Å². The molecular weight excluding hydrogens is 344 g/mol. The van der Waals surface area contributed by atoms with Crippen LogP contribution in [0.15, 0.2) is 42.5 Å². The summed E-state index contributed by atoms with van der Waals surface area (Å²) < 4.78 is 41.4. The van der Waals surface area contributed by atoms with Crippen LogP contribution in [0.3, 0.4) is 0 Å². The first kappa shape index (κ1) is 19.2. The molecule has 0 aromatic heterocycles. The Labute approximate surface area is 150 Å². The van der Waals surface area contributed by atoms with E-state index in [2.05, 4.69) is 5.32 Å². The van der Waals surface area contributed by atoms with Crippen molar-refractivity contribution in [1.82, 2.24) is 5.32 Å². The Kier molecular flexibility index (Phi) is 6.96. The Morgan fingerprint density at radius 2 is 1.81 bits per heavy atom. The van der Waals surface area contributed by atoms with Crippen LogP contribution in [0.2, 0.25) is 0 Å². The highest BCUT2D eigenvalue weighted by atomic mass is 19.2. The maximum absolute atomic E-state index is 13.0. The normalized spacial score (nSPS) is 10.6. The van der Waals surface area contributed by atoms with Gasteiger partial charge in [0, 0.05) is 23.8 Å². The number of benzene rings is 2. The van der Waals surface area contributed by atoms with E-state index in [1.807, 2.05) is 0 Å². The average molecular weight is 363 g/mol. The van der Waals surface area contributed by atoms with Crippen LogP contribution in [0.25, 0.3) is 6.08 Å². The van der Waals surface area contributed by atoms with Gasteiger partial charge in [0.15, 0.2) is 11.6 Å². The smallest absolute Gasteiger partial charge is 0.244 e. The van der Waals surface area contributed by atoms with Crippen molar-refractivity contribution in [3.63, 3.8) is 0 Å². The minimum Gasteiger partial charge on any atom is -0.497 e. The van der Waals surface area contributed by atoms with E-state index < -0.39 is 11.6 Å². The third-order valence-electron chi connectivity index (χ3n) is 3.42. The van der Waals surface area contributed by atoms with Gasteiger partial charge in [-0.1, -0.05) is 0 Å². The van der Waals surface area contributed by atoms with Crippen molar-refractivity contribution in [2.75, 3.05) is 27.4 Å². The first-order valence-electron chi connectivity index (χ1n) is 7.79. The van der Waals surface area contributed by atoms with E-state index in [-0.39, 0.29) is 24.8 Å². The SMILES string of the molecule is COc1ccc(/C=C/C(=O)NCCOc2ccc(F)c(F)c2)c(OC)c1. The Morgan fingerprint density at radius 1 is 1.04 bits per heavy atom. The van der Waals surface area contributed by atoms with E-state index in [9.17, 15) is 13.6 Å². The van der Waals surface area contributed by atoms with Crippen molar-refractivity contribution < 1.29 is 27.8 Å². The standard InChI is InChI=1S/C19H19F2NO4/c1-24-14-5-3-13(18(12-14)25-2)4-8-19(23)22-9-10-26-15-6-7-16(20)17(21)11-15/h3-8,11-12H,9-10H2,1-2H3,(H,22,23)/b8-4+. The van der Waals surface area contributed by atoms with Gasteiger partial charge in [0.05, 0.1) is 20.8 Å². The molecule has 0 saturated carbocycles. The van der Waals surface area contributed by atoms with Gasteiger partial charge in [0.25, 0.3) is 0 Å². The van der Waals surface area contributed by atoms with Crippen LogP contribution in [0.1, 0.15) is 5.56 Å². The van der Waals surface area contributed by atoms with Crippen LogP contribution in [0.4, 0.5) is 8.78 Å². The summed E-state index contributed by atoms with van der Waals surface area (Å²) in [6.07, 6.45) is 2.98. The second-order valence-electron chi connectivity index (χ2n) is 5.16. The molecule has 138 valence electrons. The highest BCUT2D eigenvalue weighted by Crippen LogP contribution is 2.25. The number of methoxy groups -OCH3 is 2. The van der Waals surface area contributed by atoms with E-state index >= 15 is 0 Å². The third-order valence-corrected chi connectivity index (χ3v) is 3.42. The zero-order valence-corrected chi connectivity index (χ0v) is 14.4. The van der Waals surface area contributed by atoms with E-state index in [1.165, 1.54) is 19.3 Å². The summed E-state index contributed by atoms with van der Waals surface area (Å²) in [6.45, 7) is 0.332. The largest absolute Gasteiger partial charge is 0.497 e. The van der Waals surface area contributed by atoms with Gasteiger partial charge in [-0.05, 0) is 30.3 Å². The first-order valence-corrected chi connectivity index (χ1v) is 7.79. The molecule has 26 heavy (non-hydrogen) atoms. The molecule has 0 spiro atoms. The summed E-state index contributed by atoms with van der Waals surface area (Å²) in [7, 11) is 3.09. The molecule has 2 aromatic rings. The maximum atomic E-state index is 13.0. The number of carbonyl (C=O) groups is 1. The minimum absolute atomic E-state index is 0.122. The van der Waals surface area contributed by atoms with Crippen LogP contribution in [-0.4, -0.2) is 33.3 Å². The predicted octanol–water partition coefficient (Wildman–Crippen LogP) is 3.19. The summed E-state index contributed by atoms with van der Waals surface area (Å²) in [5.74, 6) is -0.825. The summed E-state index contributed by atoms with van der Waals surface area (Å²) in [5, 5.41) is 2.63. The molecule has 0 aliphatic heterocycles. The van der Waals surface area contributed by atoms with Crippen LogP contribution in [-0.2, 0) is 4.79 Å². The Morgan fingerprint density at radius 3 is 2.50 bits per heavy atom. The predicted molar refractivity (Wildman–Crippen MR) is 93.4 cm³/mol. The molecule has 0 radical (unpaired) electrons. The van der Waals surface area contributed by atoms with Crippen molar-refractivity contribution in [2.24, 2.45) is 0 Å². The molecule has 2 aromatic carbocycles. The molecule has 0 aliphatic carbocycles. The quantitative estimate of drug-likeness (QED) is 0.578. The number of carbonyl (C=O) groups excluding carboxylic acids is 1. The molecule has 0 heterocycles. The number of hydrogen-bond acceptors (Lipinski definition) is 4. The zero-order chi connectivity index (χ0) is 18.9. The van der Waals surface area contributed by atoms with Crippen molar-refractivity contribution in [2.45, 2.75) is 0 Å². The van der Waals surface area contributed by atoms with Crippen LogP contribution in [0, 0.1) is 11.6 Å². The topological polar surface area (TPSA) is 56.8 Å². The molecule has 1 amide bonds. The molecule has 0 atom stereocenters. The highest BCUT2D eigenvalue weighted by molar-refractivity contribution is 5.92. The lowest BCUT2D eigenvalue weighted by Gasteiger charge is -2.08. The summed E-state index contributed by atoms with van der Waals surface area (Å²) >= 11 is 0. The Hall–Kier alpha value is -3.09. The van der Waals surface area contributed by atoms with Gasteiger partial charge in [0.1, 0.15) is 23.9 Å². The number of amides is 1. The number of ether oxygens (including phenoxy) is 3. The van der Waals surface area contributed by atoms with Crippen molar-refractivity contribution in [1.29, 1.82) is 0 Å². The van der Waals surface area contributed by atoms with Gasteiger partial charge in [0.2, 0.25) is 5.91 Å². The monoisotopic (exact) mass is 363 g/mol. The number of hydrogen-bond donors (Lipinski definition) is 1. The lowest BCUT2D eigenvalue weighted by molar-refractivity contribution is -0.116. The summed E-state index contributed by atoms with van der Waals surface area (Å²) in [4.78, 5) is 11.8. The van der Waals surface area contributed by atoms with Gasteiger partial charge >= 0.3 is 0 Å². The lowest BCUT2D eigenvalue weighted by Crippen LogP contribution is -2.26. The molecule has 0 bridgehead atoms. The molecule has 5 nitrogen and oxygen atoms in total. The zero-order valence-electron chi connectivity index (χ0n) is 14.4. The molecule has 0 saturated heterocycles. The van der Waals surface area contributed by atoms with Gasteiger partial charge < -0.3 is 19.5 Å². The summed E-state index contributed by atoms with van der Waals surface area (Å²) in [6, 6.07) is 8.49. The molecule has 0 aliphatic rings. The molecule has 0 fully saturated rings. The van der Waals surface area contributed by atoms with Crippen molar-refractivity contribution in [3.05, 3.63) is 59.7 Å². The third kappa shape index (κ3) is 5.47. The number of rotatable bonds is 8. The average Bonchev–Trinajstić information content (AvgIpc) is 2.66. The minimum atomic E-state index is -0.983. The molecule has 7 heteroatoms. The maximum Gasteiger partial charge on any atom is 0.244 e. The van der Waals surface area contributed by atoms with E-state index in [1.54, 1.807) is 31.4 Å². The van der Waals surface area contributed by atoms with Crippen molar-refractivity contribution >= 4 is 12.0 Å². The van der Waals surface area contributed by atoms with Gasteiger partial charge in [-0.2, -0.15) is 0 Å². The van der Waals surface area contributed by atoms with Crippen LogP contribution in [0.5, 0.6) is 17.2 Å². The van der Waals surface area contributed by atoms with Gasteiger partial charge in [-0.25, -0.2) is 8.78 Å². The molecule has 2 rings (SSSR count). The number of halogens is 2. The molecular formula is C19H19F2NO4. The second-order valence-corrected chi connectivity index (χ2v) is 5.16. The molecule has 0 unspecified atom stereocenters. The highest BCUT2D eigenvalue weighted by Gasteiger charge is 2.04. The van der Waals surface area contributed by atoms with Crippen LogP contribution < -0.4 is 19.5 Å². The Bertz CT molecular complexity index is 793. The van der Waals surface area contributed by atoms with E-state index in [0.717, 1.165) is 17.7 Å². The number of nitrogens with one attached hydrogen (secondary N) is 1. The second kappa shape index (κ2) is 9.41. The van der Waals surface area contributed by atoms with Crippen molar-refractivity contribution in [3.8, 4) is 17.2 Å². The van der Waals surface area contributed by atoms with Gasteiger partial charge in [-0.15, -0.1) is 0 Å². The van der Waals surface area contributed by atoms with E-state index in [0.29, 0.717) is 11.5 Å². The fraction of sp³-hybridized carbons (Fsp3) is 0.211. The van der Waals surface area contributed by atoms with Crippen LogP contribution >= 0.6 is 0 Å².